The Bertz CT molecular complexity index is 1370. The first-order valence-corrected chi connectivity index (χ1v) is 11.0. The Balaban J connectivity index is 1.59. The van der Waals surface area contributed by atoms with Gasteiger partial charge in [0.15, 0.2) is 0 Å². The van der Waals surface area contributed by atoms with Crippen molar-refractivity contribution in [3.8, 4) is 16.9 Å². The zero-order valence-corrected chi connectivity index (χ0v) is 19.7. The van der Waals surface area contributed by atoms with Gasteiger partial charge in [0, 0.05) is 33.9 Å². The molecule has 2 amide bonds. The van der Waals surface area contributed by atoms with E-state index in [1.807, 2.05) is 24.3 Å². The van der Waals surface area contributed by atoms with Crippen LogP contribution in [0.4, 0.5) is 16.2 Å². The first kappa shape index (κ1) is 23.1. The number of rotatable bonds is 6. The molecule has 9 nitrogen and oxygen atoms in total. The second-order valence-electron chi connectivity index (χ2n) is 6.96. The van der Waals surface area contributed by atoms with Crippen LogP contribution in [0.1, 0.15) is 5.56 Å². The quantitative estimate of drug-likeness (QED) is 0.177. The number of para-hydroxylation sites is 1. The van der Waals surface area contributed by atoms with Crippen LogP contribution in [0.2, 0.25) is 5.02 Å². The second kappa shape index (κ2) is 10.3. The topological polar surface area (TPSA) is 114 Å². The number of urea groups is 1. The fraction of sp³-hybridized carbons (Fsp3) is 0. The predicted molar refractivity (Wildman–Crippen MR) is 135 cm³/mol. The van der Waals surface area contributed by atoms with Gasteiger partial charge in [0.05, 0.1) is 27.5 Å². The van der Waals surface area contributed by atoms with E-state index >= 15 is 0 Å². The molecule has 0 atom stereocenters. The number of nitrogens with zero attached hydrogens (tertiary/aromatic N) is 4. The molecule has 0 unspecified atom stereocenters. The fourth-order valence-corrected chi connectivity index (χ4v) is 3.49. The molecule has 1 aromatic heterocycles. The molecule has 0 saturated carbocycles. The number of benzene rings is 3. The Kier molecular flexibility index (Phi) is 7.00. The number of carbonyl (C=O) groups is 1. The Morgan fingerprint density at radius 2 is 1.79 bits per heavy atom. The minimum absolute atomic E-state index is 0.0143. The van der Waals surface area contributed by atoms with Crippen LogP contribution in [0.15, 0.2) is 88.6 Å². The summed E-state index contributed by atoms with van der Waals surface area (Å²) in [6.07, 6.45) is 3.19. The van der Waals surface area contributed by atoms with Crippen molar-refractivity contribution >= 4 is 51.2 Å². The van der Waals surface area contributed by atoms with E-state index in [-0.39, 0.29) is 5.69 Å². The minimum atomic E-state index is -0.558. The van der Waals surface area contributed by atoms with Crippen molar-refractivity contribution < 1.29 is 9.72 Å². The molecule has 2 N–H and O–H groups in total. The number of anilines is 1. The molecule has 0 spiro atoms. The normalized spacial score (nSPS) is 10.9. The van der Waals surface area contributed by atoms with Crippen LogP contribution in [-0.2, 0) is 0 Å². The number of halogens is 2. The third-order valence-corrected chi connectivity index (χ3v) is 5.54. The van der Waals surface area contributed by atoms with Crippen molar-refractivity contribution in [3.63, 3.8) is 0 Å². The number of hydrogen-bond donors (Lipinski definition) is 2. The number of non-ortho nitro benzene ring substituents is 1. The summed E-state index contributed by atoms with van der Waals surface area (Å²) in [5, 5.41) is 22.6. The standard InChI is InChI=1S/C23H16BrClN6O3/c24-17-7-5-15(6-8-17)22-16(13-26-28-23(32)27-21-4-2-1-3-20(21)25)14-30(29-22)18-9-11-19(12-10-18)31(33)34/h1-14H,(H2,27,28,32)/b26-13+. The Morgan fingerprint density at radius 1 is 1.09 bits per heavy atom. The highest BCUT2D eigenvalue weighted by Crippen LogP contribution is 2.25. The van der Waals surface area contributed by atoms with Gasteiger partial charge in [-0.1, -0.05) is 51.8 Å². The summed E-state index contributed by atoms with van der Waals surface area (Å²) in [5.41, 5.74) is 5.54. The van der Waals surface area contributed by atoms with Gasteiger partial charge in [-0.2, -0.15) is 10.2 Å². The fourth-order valence-electron chi connectivity index (χ4n) is 3.05. The summed E-state index contributed by atoms with van der Waals surface area (Å²) in [6.45, 7) is 0. The molecule has 0 saturated heterocycles. The number of hydrazone groups is 1. The zero-order valence-electron chi connectivity index (χ0n) is 17.4. The van der Waals surface area contributed by atoms with E-state index in [1.165, 1.54) is 18.3 Å². The Morgan fingerprint density at radius 3 is 2.47 bits per heavy atom. The molecule has 0 fully saturated rings. The van der Waals surface area contributed by atoms with E-state index in [2.05, 4.69) is 36.9 Å². The van der Waals surface area contributed by atoms with Gasteiger partial charge in [0.1, 0.15) is 5.69 Å². The molecule has 3 aromatic carbocycles. The monoisotopic (exact) mass is 538 g/mol. The third kappa shape index (κ3) is 5.48. The largest absolute Gasteiger partial charge is 0.339 e. The maximum Gasteiger partial charge on any atom is 0.339 e. The summed E-state index contributed by atoms with van der Waals surface area (Å²) in [6, 6.07) is 19.9. The molecule has 4 aromatic rings. The molecule has 170 valence electrons. The van der Waals surface area contributed by atoms with Crippen molar-refractivity contribution in [2.24, 2.45) is 5.10 Å². The summed E-state index contributed by atoms with van der Waals surface area (Å²) in [4.78, 5) is 22.7. The third-order valence-electron chi connectivity index (χ3n) is 4.68. The number of nitro benzene ring substituents is 1. The molecule has 0 bridgehead atoms. The number of amides is 2. The maximum atomic E-state index is 12.2. The molecule has 0 aliphatic carbocycles. The summed E-state index contributed by atoms with van der Waals surface area (Å²) in [7, 11) is 0. The van der Waals surface area contributed by atoms with Crippen LogP contribution in [0.3, 0.4) is 0 Å². The van der Waals surface area contributed by atoms with Crippen LogP contribution in [0, 0.1) is 10.1 Å². The number of hydrogen-bond acceptors (Lipinski definition) is 5. The molecule has 4 rings (SSSR count). The predicted octanol–water partition coefficient (Wildman–Crippen LogP) is 6.02. The zero-order chi connectivity index (χ0) is 24.1. The summed E-state index contributed by atoms with van der Waals surface area (Å²) in [5.74, 6) is 0. The van der Waals surface area contributed by atoms with Crippen LogP contribution in [0.5, 0.6) is 0 Å². The lowest BCUT2D eigenvalue weighted by atomic mass is 10.1. The van der Waals surface area contributed by atoms with Gasteiger partial charge >= 0.3 is 6.03 Å². The van der Waals surface area contributed by atoms with Crippen LogP contribution in [0.25, 0.3) is 16.9 Å². The van der Waals surface area contributed by atoms with Crippen molar-refractivity contribution in [1.29, 1.82) is 0 Å². The van der Waals surface area contributed by atoms with Gasteiger partial charge in [0.2, 0.25) is 0 Å². The summed E-state index contributed by atoms with van der Waals surface area (Å²) >= 11 is 9.47. The minimum Gasteiger partial charge on any atom is -0.305 e. The van der Waals surface area contributed by atoms with Gasteiger partial charge < -0.3 is 5.32 Å². The van der Waals surface area contributed by atoms with Gasteiger partial charge in [-0.15, -0.1) is 0 Å². The van der Waals surface area contributed by atoms with E-state index in [4.69, 9.17) is 11.6 Å². The molecular formula is C23H16BrClN6O3. The van der Waals surface area contributed by atoms with Crippen LogP contribution >= 0.6 is 27.5 Å². The van der Waals surface area contributed by atoms with Crippen LogP contribution < -0.4 is 10.7 Å². The first-order valence-electron chi connectivity index (χ1n) is 9.86. The van der Waals surface area contributed by atoms with Gasteiger partial charge in [-0.25, -0.2) is 14.9 Å². The molecule has 1 heterocycles. The highest BCUT2D eigenvalue weighted by molar-refractivity contribution is 9.10. The Hall–Kier alpha value is -4.02. The molecule has 11 heteroatoms. The Labute approximate surface area is 207 Å². The van der Waals surface area contributed by atoms with Crippen molar-refractivity contribution in [2.75, 3.05) is 5.32 Å². The summed E-state index contributed by atoms with van der Waals surface area (Å²) < 4.78 is 2.51. The number of nitro groups is 1. The van der Waals surface area contributed by atoms with Crippen molar-refractivity contribution in [1.82, 2.24) is 15.2 Å². The van der Waals surface area contributed by atoms with Crippen molar-refractivity contribution in [2.45, 2.75) is 0 Å². The van der Waals surface area contributed by atoms with Crippen molar-refractivity contribution in [3.05, 3.63) is 104 Å². The van der Waals surface area contributed by atoms with E-state index in [9.17, 15) is 14.9 Å². The number of carbonyl (C=O) groups excluding carboxylic acids is 1. The maximum absolute atomic E-state index is 12.2. The van der Waals surface area contributed by atoms with E-state index < -0.39 is 11.0 Å². The van der Waals surface area contributed by atoms with E-state index in [0.29, 0.717) is 27.7 Å². The van der Waals surface area contributed by atoms with Crippen LogP contribution in [-0.4, -0.2) is 26.9 Å². The first-order chi connectivity index (χ1) is 16.4. The highest BCUT2D eigenvalue weighted by atomic mass is 79.9. The molecule has 34 heavy (non-hydrogen) atoms. The molecular weight excluding hydrogens is 524 g/mol. The van der Waals surface area contributed by atoms with Gasteiger partial charge in [-0.3, -0.25) is 10.1 Å². The average Bonchev–Trinajstić information content (AvgIpc) is 3.25. The number of nitrogens with one attached hydrogen (secondary N) is 2. The highest BCUT2D eigenvalue weighted by Gasteiger charge is 2.13. The van der Waals surface area contributed by atoms with Gasteiger partial charge in [0.25, 0.3) is 5.69 Å². The lowest BCUT2D eigenvalue weighted by molar-refractivity contribution is -0.384. The lowest BCUT2D eigenvalue weighted by Crippen LogP contribution is -2.24. The van der Waals surface area contributed by atoms with E-state index in [0.717, 1.165) is 10.0 Å². The number of aromatic nitrogens is 2. The lowest BCUT2D eigenvalue weighted by Gasteiger charge is -2.05. The molecule has 0 radical (unpaired) electrons. The molecule has 0 aliphatic heterocycles. The SMILES string of the molecule is O=C(N/N=C/c1cn(-c2ccc([N+](=O)[O-])cc2)nc1-c1ccc(Br)cc1)Nc1ccccc1Cl. The average molecular weight is 540 g/mol. The smallest absolute Gasteiger partial charge is 0.305 e. The van der Waals surface area contributed by atoms with E-state index in [1.54, 1.807) is 47.3 Å². The molecule has 0 aliphatic rings. The second-order valence-corrected chi connectivity index (χ2v) is 8.28. The van der Waals surface area contributed by atoms with Gasteiger partial charge in [-0.05, 0) is 36.4 Å².